The van der Waals surface area contributed by atoms with Crippen LogP contribution in [0.2, 0.25) is 0 Å². The normalized spacial score (nSPS) is 16.4. The second-order valence-corrected chi connectivity index (χ2v) is 5.77. The average molecular weight is 354 g/mol. The van der Waals surface area contributed by atoms with Crippen LogP contribution in [0.4, 0.5) is 5.69 Å². The summed E-state index contributed by atoms with van der Waals surface area (Å²) in [6.07, 6.45) is 0.966. The number of anilines is 1. The Balaban J connectivity index is 2.25. The summed E-state index contributed by atoms with van der Waals surface area (Å²) < 4.78 is 10.7. The molecular weight excluding hydrogens is 334 g/mol. The molecule has 0 N–H and O–H groups in total. The van der Waals surface area contributed by atoms with Gasteiger partial charge in [-0.25, -0.2) is 0 Å². The van der Waals surface area contributed by atoms with Gasteiger partial charge in [0, 0.05) is 5.56 Å². The molecule has 0 aliphatic carbocycles. The Labute approximate surface area is 145 Å². The fourth-order valence-electron chi connectivity index (χ4n) is 2.33. The van der Waals surface area contributed by atoms with E-state index in [1.165, 1.54) is 11.0 Å². The largest absolute Gasteiger partial charge is 0.479 e. The molecule has 1 aliphatic rings. The van der Waals surface area contributed by atoms with Crippen molar-refractivity contribution in [1.29, 1.82) is 0 Å². The molecule has 0 aromatic heterocycles. The van der Waals surface area contributed by atoms with E-state index >= 15 is 0 Å². The van der Waals surface area contributed by atoms with Crippen LogP contribution in [0.25, 0.3) is 0 Å². The number of fused-ring (bicyclic) bond motifs is 1. The number of ether oxygens (including phenoxy) is 2. The molecule has 0 spiro atoms. The highest BCUT2D eigenvalue weighted by molar-refractivity contribution is 6.30. The fourth-order valence-corrected chi connectivity index (χ4v) is 2.48. The Morgan fingerprint density at radius 1 is 1.38 bits per heavy atom. The zero-order valence-corrected chi connectivity index (χ0v) is 14.5. The SMILES string of the molecule is CCCCOC(=O)CN1C(=O)C(C)Oc2ccc(C(=O)CCl)cc21. The van der Waals surface area contributed by atoms with Crippen LogP contribution in [0.15, 0.2) is 18.2 Å². The van der Waals surface area contributed by atoms with E-state index in [9.17, 15) is 14.4 Å². The summed E-state index contributed by atoms with van der Waals surface area (Å²) in [7, 11) is 0. The summed E-state index contributed by atoms with van der Waals surface area (Å²) in [5.74, 6) is -0.842. The molecule has 1 amide bonds. The Morgan fingerprint density at radius 2 is 2.12 bits per heavy atom. The predicted molar refractivity (Wildman–Crippen MR) is 89.8 cm³/mol. The molecular formula is C17H20ClNO5. The molecule has 130 valence electrons. The molecule has 1 aliphatic heterocycles. The lowest BCUT2D eigenvalue weighted by Crippen LogP contribution is -2.47. The van der Waals surface area contributed by atoms with E-state index in [-0.39, 0.29) is 24.1 Å². The molecule has 0 saturated heterocycles. The van der Waals surface area contributed by atoms with E-state index in [2.05, 4.69) is 0 Å². The van der Waals surface area contributed by atoms with Gasteiger partial charge < -0.3 is 9.47 Å². The van der Waals surface area contributed by atoms with Gasteiger partial charge in [0.2, 0.25) is 0 Å². The standard InChI is InChI=1S/C17H20ClNO5/c1-3-4-7-23-16(21)10-19-13-8-12(14(20)9-18)5-6-15(13)24-11(2)17(19)22/h5-6,8,11H,3-4,7,9-10H2,1-2H3. The minimum absolute atomic E-state index is 0.164. The van der Waals surface area contributed by atoms with Gasteiger partial charge in [-0.15, -0.1) is 11.6 Å². The number of alkyl halides is 1. The van der Waals surface area contributed by atoms with E-state index in [1.807, 2.05) is 6.92 Å². The van der Waals surface area contributed by atoms with Crippen molar-refractivity contribution in [2.24, 2.45) is 0 Å². The molecule has 6 nitrogen and oxygen atoms in total. The Morgan fingerprint density at radius 3 is 2.79 bits per heavy atom. The van der Waals surface area contributed by atoms with Gasteiger partial charge in [0.1, 0.15) is 12.3 Å². The third kappa shape index (κ3) is 4.06. The van der Waals surface area contributed by atoms with E-state index in [1.54, 1.807) is 19.1 Å². The van der Waals surface area contributed by atoms with Crippen LogP contribution in [0.5, 0.6) is 5.75 Å². The summed E-state index contributed by atoms with van der Waals surface area (Å²) in [5, 5.41) is 0. The van der Waals surface area contributed by atoms with E-state index in [4.69, 9.17) is 21.1 Å². The Hall–Kier alpha value is -2.08. The predicted octanol–water partition coefficient (Wildman–Crippen LogP) is 2.57. The van der Waals surface area contributed by atoms with Crippen LogP contribution >= 0.6 is 11.6 Å². The number of rotatable bonds is 7. The van der Waals surface area contributed by atoms with Gasteiger partial charge in [0.25, 0.3) is 5.91 Å². The van der Waals surface area contributed by atoms with Crippen molar-refractivity contribution in [1.82, 2.24) is 0 Å². The van der Waals surface area contributed by atoms with Crippen molar-refractivity contribution >= 4 is 34.9 Å². The Bertz CT molecular complexity index is 646. The van der Waals surface area contributed by atoms with Crippen molar-refractivity contribution in [2.75, 3.05) is 23.9 Å². The van der Waals surface area contributed by atoms with Gasteiger partial charge in [0.05, 0.1) is 18.2 Å². The lowest BCUT2D eigenvalue weighted by molar-refractivity contribution is -0.143. The summed E-state index contributed by atoms with van der Waals surface area (Å²) in [5.41, 5.74) is 0.737. The lowest BCUT2D eigenvalue weighted by atomic mass is 10.1. The number of hydrogen-bond acceptors (Lipinski definition) is 5. The molecule has 0 bridgehead atoms. The van der Waals surface area contributed by atoms with Gasteiger partial charge >= 0.3 is 5.97 Å². The molecule has 2 rings (SSSR count). The van der Waals surface area contributed by atoms with Crippen molar-refractivity contribution in [3.05, 3.63) is 23.8 Å². The molecule has 0 radical (unpaired) electrons. The van der Waals surface area contributed by atoms with Crippen molar-refractivity contribution in [2.45, 2.75) is 32.8 Å². The van der Waals surface area contributed by atoms with Crippen LogP contribution in [-0.2, 0) is 14.3 Å². The second kappa shape index (κ2) is 8.15. The number of carbonyl (C=O) groups excluding carboxylic acids is 3. The molecule has 1 unspecified atom stereocenters. The summed E-state index contributed by atoms with van der Waals surface area (Å²) >= 11 is 5.58. The molecule has 0 fully saturated rings. The maximum absolute atomic E-state index is 12.4. The first-order valence-electron chi connectivity index (χ1n) is 7.84. The van der Waals surface area contributed by atoms with Crippen molar-refractivity contribution in [3.8, 4) is 5.75 Å². The Kier molecular flexibility index (Phi) is 6.20. The zero-order valence-electron chi connectivity index (χ0n) is 13.7. The number of unbranched alkanes of at least 4 members (excludes halogenated alkanes) is 1. The number of hydrogen-bond donors (Lipinski definition) is 0. The average Bonchev–Trinajstić information content (AvgIpc) is 2.58. The topological polar surface area (TPSA) is 72.9 Å². The number of nitrogens with zero attached hydrogens (tertiary/aromatic N) is 1. The third-order valence-corrected chi connectivity index (χ3v) is 3.90. The smallest absolute Gasteiger partial charge is 0.326 e. The monoisotopic (exact) mass is 353 g/mol. The second-order valence-electron chi connectivity index (χ2n) is 5.50. The third-order valence-electron chi connectivity index (χ3n) is 3.66. The maximum Gasteiger partial charge on any atom is 0.326 e. The van der Waals surface area contributed by atoms with E-state index < -0.39 is 12.1 Å². The van der Waals surface area contributed by atoms with Gasteiger partial charge in [-0.1, -0.05) is 13.3 Å². The first kappa shape index (κ1) is 18.3. The van der Waals surface area contributed by atoms with E-state index in [0.29, 0.717) is 23.6 Å². The van der Waals surface area contributed by atoms with Gasteiger partial charge in [0.15, 0.2) is 11.9 Å². The summed E-state index contributed by atoms with van der Waals surface area (Å²) in [6.45, 7) is 3.70. The van der Waals surface area contributed by atoms with Gasteiger partial charge in [-0.05, 0) is 31.5 Å². The number of benzene rings is 1. The minimum atomic E-state index is -0.712. The fraction of sp³-hybridized carbons (Fsp3) is 0.471. The number of esters is 1. The molecule has 24 heavy (non-hydrogen) atoms. The number of carbonyl (C=O) groups is 3. The molecule has 1 atom stereocenters. The quantitative estimate of drug-likeness (QED) is 0.326. The van der Waals surface area contributed by atoms with Crippen LogP contribution in [0.3, 0.4) is 0 Å². The van der Waals surface area contributed by atoms with E-state index in [0.717, 1.165) is 12.8 Å². The number of halogens is 1. The van der Waals surface area contributed by atoms with Gasteiger partial charge in [-0.3, -0.25) is 19.3 Å². The molecule has 1 aromatic carbocycles. The van der Waals surface area contributed by atoms with Crippen LogP contribution in [0.1, 0.15) is 37.0 Å². The van der Waals surface area contributed by atoms with Crippen molar-refractivity contribution < 1.29 is 23.9 Å². The summed E-state index contributed by atoms with van der Waals surface area (Å²) in [4.78, 5) is 37.4. The van der Waals surface area contributed by atoms with Crippen LogP contribution in [0, 0.1) is 0 Å². The number of Topliss-reactive ketones (excluding diaryl/α,β-unsaturated/α-hetero) is 1. The lowest BCUT2D eigenvalue weighted by Gasteiger charge is -2.32. The van der Waals surface area contributed by atoms with Gasteiger partial charge in [-0.2, -0.15) is 0 Å². The number of ketones is 1. The van der Waals surface area contributed by atoms with Crippen LogP contribution < -0.4 is 9.64 Å². The van der Waals surface area contributed by atoms with Crippen LogP contribution in [-0.4, -0.2) is 42.8 Å². The van der Waals surface area contributed by atoms with Crippen molar-refractivity contribution in [3.63, 3.8) is 0 Å². The highest BCUT2D eigenvalue weighted by Gasteiger charge is 2.33. The zero-order chi connectivity index (χ0) is 17.7. The first-order chi connectivity index (χ1) is 11.5. The highest BCUT2D eigenvalue weighted by Crippen LogP contribution is 2.35. The molecule has 7 heteroatoms. The highest BCUT2D eigenvalue weighted by atomic mass is 35.5. The maximum atomic E-state index is 12.4. The molecule has 0 saturated carbocycles. The first-order valence-corrected chi connectivity index (χ1v) is 8.38. The molecule has 1 heterocycles. The molecule has 1 aromatic rings. The minimum Gasteiger partial charge on any atom is -0.479 e. The number of amides is 1. The summed E-state index contributed by atoms with van der Waals surface area (Å²) in [6, 6.07) is 4.71.